The molecule has 7 rings (SSSR count). The molecule has 0 saturated carbocycles. The largest absolute Gasteiger partial charge is 0.870 e. The van der Waals surface area contributed by atoms with Gasteiger partial charge in [-0.15, -0.1) is 11.8 Å². The summed E-state index contributed by atoms with van der Waals surface area (Å²) in [4.78, 5) is 11.3. The quantitative estimate of drug-likeness (QED) is 0.497. The topological polar surface area (TPSA) is 92.7 Å². The van der Waals surface area contributed by atoms with Gasteiger partial charge in [-0.05, 0) is 23.0 Å². The van der Waals surface area contributed by atoms with Gasteiger partial charge in [0.2, 0.25) is 0 Å². The van der Waals surface area contributed by atoms with Gasteiger partial charge in [0, 0.05) is 12.6 Å². The van der Waals surface area contributed by atoms with E-state index in [4.69, 9.17) is 4.99 Å². The van der Waals surface area contributed by atoms with Crippen molar-refractivity contribution in [3.05, 3.63) is 27.1 Å². The van der Waals surface area contributed by atoms with E-state index in [1.54, 1.807) is 11.8 Å². The zero-order valence-corrected chi connectivity index (χ0v) is 14.0. The number of rotatable bonds is 0. The number of aliphatic hydroxyl groups is 2. The highest BCUT2D eigenvalue weighted by atomic mass is 32.2. The maximum atomic E-state index is 13.1. The Hall–Kier alpha value is -1.67. The van der Waals surface area contributed by atoms with Crippen LogP contribution in [0.2, 0.25) is 0 Å². The van der Waals surface area contributed by atoms with Crippen LogP contribution in [-0.2, 0) is 5.41 Å². The van der Waals surface area contributed by atoms with Crippen LogP contribution in [0.5, 0.6) is 5.75 Å². The summed E-state index contributed by atoms with van der Waals surface area (Å²) < 4.78 is 0. The minimum absolute atomic E-state index is 0.0590. The molecule has 1 spiro atoms. The van der Waals surface area contributed by atoms with Crippen molar-refractivity contribution in [2.45, 2.75) is 41.9 Å². The van der Waals surface area contributed by atoms with E-state index in [-0.39, 0.29) is 17.2 Å². The van der Waals surface area contributed by atoms with Crippen LogP contribution >= 0.6 is 11.8 Å². The standard InChI is InChI=1S/C18H15N3O3S/c22-7-3-8-18-4-9(25-8)20-13-11(18)15-10-6(5-19-12(10)16(13)23)1-2-21(15)14(7)17(18)24/h3,5,7,9,14,17,22-24H,1-2,4H2/t7-,9+,14?,17+,18-/m1/s1. The van der Waals surface area contributed by atoms with E-state index in [9.17, 15) is 15.3 Å². The number of nitrogens with zero attached hydrogens (tertiary/aromatic N) is 2. The summed E-state index contributed by atoms with van der Waals surface area (Å²) in [7, 11) is 0. The molecule has 25 heavy (non-hydrogen) atoms. The first-order valence-corrected chi connectivity index (χ1v) is 9.63. The lowest BCUT2D eigenvalue weighted by Gasteiger charge is -2.52. The molecule has 6 nitrogen and oxygen atoms in total. The number of nitrogens with one attached hydrogen (secondary N) is 1. The van der Waals surface area contributed by atoms with Gasteiger partial charge in [-0.25, -0.2) is 0 Å². The van der Waals surface area contributed by atoms with Crippen LogP contribution in [0.25, 0.3) is 5.57 Å². The highest BCUT2D eigenvalue weighted by Crippen LogP contribution is 2.60. The molecule has 1 aromatic carbocycles. The monoisotopic (exact) mass is 353 g/mol. The first-order valence-electron chi connectivity index (χ1n) is 8.75. The third-order valence-corrected chi connectivity index (χ3v) is 8.21. The van der Waals surface area contributed by atoms with E-state index in [0.29, 0.717) is 11.0 Å². The molecule has 0 amide bonds. The molecule has 5 heterocycles. The molecule has 1 aliphatic carbocycles. The number of aliphatic imine (C=N–C) groups is 1. The molecular formula is C18H15N3O3S. The first-order chi connectivity index (χ1) is 12.1. The van der Waals surface area contributed by atoms with Crippen molar-refractivity contribution < 1.29 is 20.2 Å². The van der Waals surface area contributed by atoms with E-state index >= 15 is 0 Å². The van der Waals surface area contributed by atoms with Crippen LogP contribution < -0.4 is 20.6 Å². The number of benzene rings is 1. The van der Waals surface area contributed by atoms with Gasteiger partial charge in [0.15, 0.2) is 0 Å². The molecule has 7 heteroatoms. The lowest BCUT2D eigenvalue weighted by atomic mass is 9.61. The highest BCUT2D eigenvalue weighted by molar-refractivity contribution is 8.04. The van der Waals surface area contributed by atoms with E-state index in [2.05, 4.69) is 4.99 Å². The zero-order chi connectivity index (χ0) is 16.7. The van der Waals surface area contributed by atoms with Crippen LogP contribution in [-0.4, -0.2) is 46.6 Å². The Balaban J connectivity index is 1.78. The summed E-state index contributed by atoms with van der Waals surface area (Å²) in [6, 6.07) is -0.287. The fourth-order valence-electron chi connectivity index (χ4n) is 6.00. The van der Waals surface area contributed by atoms with E-state index in [1.165, 1.54) is 0 Å². The highest BCUT2D eigenvalue weighted by Gasteiger charge is 2.66. The molecule has 126 valence electrons. The van der Waals surface area contributed by atoms with Crippen LogP contribution in [0.1, 0.15) is 18.4 Å². The average Bonchev–Trinajstić information content (AvgIpc) is 3.13. The predicted octanol–water partition coefficient (Wildman–Crippen LogP) is -2.12. The summed E-state index contributed by atoms with van der Waals surface area (Å²) >= 11 is 1.60. The fourth-order valence-corrected chi connectivity index (χ4v) is 7.53. The molecule has 2 unspecified atom stereocenters. The Morgan fingerprint density at radius 1 is 1.36 bits per heavy atom. The van der Waals surface area contributed by atoms with Crippen molar-refractivity contribution in [3.63, 3.8) is 0 Å². The Morgan fingerprint density at radius 2 is 2.24 bits per heavy atom. The Morgan fingerprint density at radius 3 is 3.12 bits per heavy atom. The Labute approximate surface area is 146 Å². The Bertz CT molecular complexity index is 1090. The van der Waals surface area contributed by atoms with Crippen molar-refractivity contribution >= 4 is 34.9 Å². The summed E-state index contributed by atoms with van der Waals surface area (Å²) in [6.45, 7) is 0.799. The third kappa shape index (κ3) is 1.21. The average molecular weight is 353 g/mol. The van der Waals surface area contributed by atoms with E-state index in [1.807, 2.05) is 12.3 Å². The Kier molecular flexibility index (Phi) is 2.09. The smallest absolute Gasteiger partial charge is 0.149 e. The first kappa shape index (κ1) is 13.5. The molecule has 1 aromatic rings. The van der Waals surface area contributed by atoms with Gasteiger partial charge < -0.3 is 15.3 Å². The molecule has 1 saturated heterocycles. The summed E-state index contributed by atoms with van der Waals surface area (Å²) in [6.07, 6.45) is 3.90. The van der Waals surface area contributed by atoms with Gasteiger partial charge in [0.1, 0.15) is 29.3 Å². The SMILES string of the molecule is [O-]c1c2c3c4c5c1=N[C@@H]1C[C@@]56C(=C[C@@H](O)C([C@@H]6O)[NH+]4CCC=3C=N2)S1. The third-order valence-electron chi connectivity index (χ3n) is 6.92. The molecule has 0 radical (unpaired) electrons. The molecule has 3 bridgehead atoms. The predicted molar refractivity (Wildman–Crippen MR) is 89.9 cm³/mol. The maximum Gasteiger partial charge on any atom is 0.149 e. The van der Waals surface area contributed by atoms with Crippen LogP contribution in [0.4, 0.5) is 11.4 Å². The maximum absolute atomic E-state index is 13.1. The lowest BCUT2D eigenvalue weighted by molar-refractivity contribution is -0.874. The number of aliphatic hydroxyl groups excluding tert-OH is 2. The van der Waals surface area contributed by atoms with E-state index in [0.717, 1.165) is 51.2 Å². The lowest BCUT2D eigenvalue weighted by Crippen LogP contribution is -3.18. The second-order valence-electron chi connectivity index (χ2n) is 7.83. The molecule has 3 N–H and O–H groups in total. The molecular weight excluding hydrogens is 338 g/mol. The molecule has 5 aliphatic heterocycles. The van der Waals surface area contributed by atoms with Crippen molar-refractivity contribution in [3.8, 4) is 5.75 Å². The van der Waals surface area contributed by atoms with Crippen molar-refractivity contribution in [1.29, 1.82) is 0 Å². The summed E-state index contributed by atoms with van der Waals surface area (Å²) in [5, 5.41) is 36.7. The normalized spacial score (nSPS) is 43.2. The molecule has 1 fully saturated rings. The van der Waals surface area contributed by atoms with Gasteiger partial charge in [-0.3, -0.25) is 14.9 Å². The van der Waals surface area contributed by atoms with Crippen molar-refractivity contribution in [1.82, 2.24) is 0 Å². The van der Waals surface area contributed by atoms with Crippen molar-refractivity contribution in [2.24, 2.45) is 9.98 Å². The molecule has 6 atom stereocenters. The van der Waals surface area contributed by atoms with Crippen LogP contribution in [0, 0.1) is 0 Å². The van der Waals surface area contributed by atoms with Gasteiger partial charge in [0.25, 0.3) is 0 Å². The number of hydrogen-bond donors (Lipinski definition) is 3. The van der Waals surface area contributed by atoms with E-state index < -0.39 is 17.6 Å². The van der Waals surface area contributed by atoms with Crippen molar-refractivity contribution in [2.75, 3.05) is 6.54 Å². The number of fused-ring (bicyclic) bond motifs is 3. The molecule has 0 aromatic heterocycles. The minimum atomic E-state index is -0.682. The minimum Gasteiger partial charge on any atom is -0.870 e. The zero-order valence-electron chi connectivity index (χ0n) is 13.2. The van der Waals surface area contributed by atoms with Gasteiger partial charge in [-0.1, -0.05) is 5.75 Å². The summed E-state index contributed by atoms with van der Waals surface area (Å²) in [5.41, 5.74) is 3.08. The fraction of sp³-hybridized carbons (Fsp3) is 0.444. The number of thioether (sulfide) groups is 1. The number of hydrogen-bond acceptors (Lipinski definition) is 6. The van der Waals surface area contributed by atoms with Gasteiger partial charge in [-0.2, -0.15) is 0 Å². The summed E-state index contributed by atoms with van der Waals surface area (Å²) in [5.74, 6) is -0.0936. The molecule has 6 aliphatic rings. The second kappa shape index (κ2) is 3.86. The number of quaternary nitrogens is 1. The van der Waals surface area contributed by atoms with Gasteiger partial charge in [0.05, 0.1) is 33.8 Å². The second-order valence-corrected chi connectivity index (χ2v) is 9.05. The van der Waals surface area contributed by atoms with Crippen LogP contribution in [0.3, 0.4) is 0 Å². The van der Waals surface area contributed by atoms with Gasteiger partial charge >= 0.3 is 0 Å². The van der Waals surface area contributed by atoms with Crippen LogP contribution in [0.15, 0.2) is 21.0 Å².